The lowest BCUT2D eigenvalue weighted by molar-refractivity contribution is -0.143. The van der Waals surface area contributed by atoms with Crippen LogP contribution >= 0.6 is 0 Å². The third-order valence-electron chi connectivity index (χ3n) is 12.1. The first kappa shape index (κ1) is 59.8. The molecule has 0 aliphatic rings. The van der Waals surface area contributed by atoms with Gasteiger partial charge in [-0.1, -0.05) is 229 Å². The summed E-state index contributed by atoms with van der Waals surface area (Å²) in [6.45, 7) is 4.86. The predicted molar refractivity (Wildman–Crippen MR) is 269 cm³/mol. The van der Waals surface area contributed by atoms with E-state index in [9.17, 15) is 19.8 Å². The molecular weight excluding hydrogens is 767 g/mol. The molecule has 2 unspecified atom stereocenters. The first-order chi connectivity index (χ1) is 30.5. The SMILES string of the molecule is CCCCC/C=C\C/C=C\CCCCCCCCCC(=O)OCCCCCCCC/C=C\C/C=C\CCC(=O)NC(CO)C(O)CCCCCCCCCCCCCCCCC. The van der Waals surface area contributed by atoms with Gasteiger partial charge in [0.1, 0.15) is 0 Å². The van der Waals surface area contributed by atoms with E-state index < -0.39 is 12.1 Å². The van der Waals surface area contributed by atoms with Crippen LogP contribution < -0.4 is 5.32 Å². The number of nitrogens with one attached hydrogen (secondary N) is 1. The second-order valence-corrected chi connectivity index (χ2v) is 18.2. The molecule has 0 saturated carbocycles. The van der Waals surface area contributed by atoms with Crippen LogP contribution in [0.2, 0.25) is 0 Å². The topological polar surface area (TPSA) is 95.9 Å². The van der Waals surface area contributed by atoms with Crippen LogP contribution in [0.3, 0.4) is 0 Å². The maximum Gasteiger partial charge on any atom is 0.305 e. The minimum Gasteiger partial charge on any atom is -0.466 e. The van der Waals surface area contributed by atoms with E-state index in [0.717, 1.165) is 57.8 Å². The van der Waals surface area contributed by atoms with E-state index in [2.05, 4.69) is 61.7 Å². The number of esters is 1. The molecule has 0 aromatic carbocycles. The Hall–Kier alpha value is -2.18. The van der Waals surface area contributed by atoms with Crippen LogP contribution in [0.15, 0.2) is 48.6 Å². The van der Waals surface area contributed by atoms with E-state index in [4.69, 9.17) is 4.74 Å². The van der Waals surface area contributed by atoms with E-state index >= 15 is 0 Å². The van der Waals surface area contributed by atoms with E-state index in [0.29, 0.717) is 32.3 Å². The second-order valence-electron chi connectivity index (χ2n) is 18.2. The van der Waals surface area contributed by atoms with Crippen LogP contribution in [0, 0.1) is 0 Å². The van der Waals surface area contributed by atoms with Gasteiger partial charge in [0.25, 0.3) is 0 Å². The Morgan fingerprint density at radius 1 is 0.452 bits per heavy atom. The van der Waals surface area contributed by atoms with Crippen molar-refractivity contribution < 1.29 is 24.5 Å². The molecule has 0 heterocycles. The van der Waals surface area contributed by atoms with Crippen molar-refractivity contribution in [1.29, 1.82) is 0 Å². The third-order valence-corrected chi connectivity index (χ3v) is 12.1. The zero-order chi connectivity index (χ0) is 45.1. The number of carbonyl (C=O) groups excluding carboxylic acids is 2. The van der Waals surface area contributed by atoms with Crippen molar-refractivity contribution in [1.82, 2.24) is 5.32 Å². The zero-order valence-electron chi connectivity index (χ0n) is 41.1. The Morgan fingerprint density at radius 2 is 0.823 bits per heavy atom. The lowest BCUT2D eigenvalue weighted by atomic mass is 10.0. The van der Waals surface area contributed by atoms with Crippen LogP contribution in [0.4, 0.5) is 0 Å². The molecule has 0 aliphatic carbocycles. The fourth-order valence-corrected chi connectivity index (χ4v) is 7.95. The molecule has 6 nitrogen and oxygen atoms in total. The Labute approximate surface area is 385 Å². The highest BCUT2D eigenvalue weighted by Crippen LogP contribution is 2.16. The molecule has 1 amide bonds. The summed E-state index contributed by atoms with van der Waals surface area (Å²) in [7, 11) is 0. The summed E-state index contributed by atoms with van der Waals surface area (Å²) in [4.78, 5) is 24.5. The third kappa shape index (κ3) is 47.3. The average molecular weight is 870 g/mol. The highest BCUT2D eigenvalue weighted by molar-refractivity contribution is 5.76. The van der Waals surface area contributed by atoms with Gasteiger partial charge in [0, 0.05) is 12.8 Å². The summed E-state index contributed by atoms with van der Waals surface area (Å²) in [5.74, 6) is -0.142. The molecule has 362 valence electrons. The number of carbonyl (C=O) groups is 2. The van der Waals surface area contributed by atoms with E-state index in [1.807, 2.05) is 6.08 Å². The fraction of sp³-hybridized carbons (Fsp3) is 0.821. The number of hydrogen-bond donors (Lipinski definition) is 3. The van der Waals surface area contributed by atoms with Crippen molar-refractivity contribution in [3.8, 4) is 0 Å². The van der Waals surface area contributed by atoms with Gasteiger partial charge in [-0.05, 0) is 77.0 Å². The van der Waals surface area contributed by atoms with Gasteiger partial charge in [-0.3, -0.25) is 9.59 Å². The minimum atomic E-state index is -0.700. The van der Waals surface area contributed by atoms with Crippen LogP contribution in [-0.4, -0.2) is 47.4 Å². The number of aliphatic hydroxyl groups is 2. The molecule has 0 spiro atoms. The summed E-state index contributed by atoms with van der Waals surface area (Å²) in [5.41, 5.74) is 0. The Balaban J connectivity index is 3.55. The maximum atomic E-state index is 12.4. The number of aliphatic hydroxyl groups excluding tert-OH is 2. The largest absolute Gasteiger partial charge is 0.466 e. The summed E-state index contributed by atoms with van der Waals surface area (Å²) >= 11 is 0. The van der Waals surface area contributed by atoms with Crippen molar-refractivity contribution in [3.05, 3.63) is 48.6 Å². The van der Waals surface area contributed by atoms with Crippen LogP contribution in [-0.2, 0) is 14.3 Å². The van der Waals surface area contributed by atoms with E-state index in [1.165, 1.54) is 173 Å². The molecule has 0 fully saturated rings. The quantitative estimate of drug-likeness (QED) is 0.0322. The molecule has 2 atom stereocenters. The number of allylic oxidation sites excluding steroid dienone is 8. The number of ether oxygens (including phenoxy) is 1. The van der Waals surface area contributed by atoms with Crippen LogP contribution in [0.5, 0.6) is 0 Å². The molecule has 0 aliphatic heterocycles. The molecule has 0 saturated heterocycles. The van der Waals surface area contributed by atoms with Gasteiger partial charge < -0.3 is 20.3 Å². The molecule has 0 rings (SSSR count). The molecular formula is C56H103NO5. The van der Waals surface area contributed by atoms with Crippen molar-refractivity contribution in [2.24, 2.45) is 0 Å². The molecule has 0 radical (unpaired) electrons. The molecule has 3 N–H and O–H groups in total. The Bertz CT molecular complexity index is 1050. The van der Waals surface area contributed by atoms with Gasteiger partial charge in [0.15, 0.2) is 0 Å². The summed E-state index contributed by atoms with van der Waals surface area (Å²) < 4.78 is 5.46. The van der Waals surface area contributed by atoms with Gasteiger partial charge in [0.05, 0.1) is 25.4 Å². The van der Waals surface area contributed by atoms with Gasteiger partial charge in [0.2, 0.25) is 5.91 Å². The highest BCUT2D eigenvalue weighted by atomic mass is 16.5. The van der Waals surface area contributed by atoms with Gasteiger partial charge in [-0.25, -0.2) is 0 Å². The minimum absolute atomic E-state index is 0.0253. The first-order valence-corrected chi connectivity index (χ1v) is 26.9. The van der Waals surface area contributed by atoms with Crippen molar-refractivity contribution in [2.45, 2.75) is 283 Å². The van der Waals surface area contributed by atoms with Gasteiger partial charge >= 0.3 is 5.97 Å². The average Bonchev–Trinajstić information content (AvgIpc) is 3.27. The first-order valence-electron chi connectivity index (χ1n) is 26.9. The molecule has 0 aromatic rings. The number of rotatable bonds is 49. The maximum absolute atomic E-state index is 12.4. The lowest BCUT2D eigenvalue weighted by Gasteiger charge is -2.22. The van der Waals surface area contributed by atoms with E-state index in [1.54, 1.807) is 0 Å². The molecule has 0 aromatic heterocycles. The standard InChI is InChI=1S/C56H103NO5/c1-3-5-7-9-11-13-15-17-19-20-22-26-30-34-38-42-46-50-56(61)62-51-47-43-39-35-31-27-23-25-29-33-37-41-45-49-55(60)57-53(52-58)54(59)48-44-40-36-32-28-24-21-18-16-14-12-10-8-6-4-2/h11,13,17,19,25,29,37,41,53-54,58-59H,3-10,12,14-16,18,20-24,26-28,30-36,38-40,42-52H2,1-2H3,(H,57,60)/b13-11-,19-17-,29-25-,41-37-. The second kappa shape index (κ2) is 51.5. The highest BCUT2D eigenvalue weighted by Gasteiger charge is 2.19. The number of amides is 1. The smallest absolute Gasteiger partial charge is 0.305 e. The summed E-state index contributed by atoms with van der Waals surface area (Å²) in [5, 5.41) is 23.2. The summed E-state index contributed by atoms with van der Waals surface area (Å²) in [6, 6.07) is -0.586. The molecule has 62 heavy (non-hydrogen) atoms. The van der Waals surface area contributed by atoms with Crippen molar-refractivity contribution in [2.75, 3.05) is 13.2 Å². The van der Waals surface area contributed by atoms with Crippen LogP contribution in [0.25, 0.3) is 0 Å². The van der Waals surface area contributed by atoms with E-state index in [-0.39, 0.29) is 18.5 Å². The Kier molecular flexibility index (Phi) is 49.6. The predicted octanol–water partition coefficient (Wildman–Crippen LogP) is 16.2. The van der Waals surface area contributed by atoms with Crippen molar-refractivity contribution in [3.63, 3.8) is 0 Å². The van der Waals surface area contributed by atoms with Crippen LogP contribution in [0.1, 0.15) is 271 Å². The van der Waals surface area contributed by atoms with Crippen molar-refractivity contribution >= 4 is 11.9 Å². The normalized spacial score (nSPS) is 13.0. The number of hydrogen-bond acceptors (Lipinski definition) is 5. The monoisotopic (exact) mass is 870 g/mol. The fourth-order valence-electron chi connectivity index (χ4n) is 7.95. The summed E-state index contributed by atoms with van der Waals surface area (Å²) in [6.07, 6.45) is 63.8. The van der Waals surface area contributed by atoms with Gasteiger partial charge in [-0.15, -0.1) is 0 Å². The molecule has 6 heteroatoms. The van der Waals surface area contributed by atoms with Gasteiger partial charge in [-0.2, -0.15) is 0 Å². The number of unbranched alkanes of at least 4 members (excludes halogenated alkanes) is 30. The Morgan fingerprint density at radius 3 is 1.29 bits per heavy atom. The molecule has 0 bridgehead atoms. The lowest BCUT2D eigenvalue weighted by Crippen LogP contribution is -2.45. The zero-order valence-corrected chi connectivity index (χ0v) is 41.1.